The summed E-state index contributed by atoms with van der Waals surface area (Å²) >= 11 is 0. The molecule has 0 bridgehead atoms. The van der Waals surface area contributed by atoms with Crippen molar-refractivity contribution in [1.82, 2.24) is 5.32 Å². The summed E-state index contributed by atoms with van der Waals surface area (Å²) in [5.41, 5.74) is 1.38. The third-order valence-corrected chi connectivity index (χ3v) is 4.12. The maximum Gasteiger partial charge on any atom is 0.118 e. The van der Waals surface area contributed by atoms with E-state index in [0.29, 0.717) is 18.1 Å². The van der Waals surface area contributed by atoms with Crippen LogP contribution in [-0.4, -0.2) is 32.4 Å². The Balaban J connectivity index is 1.92. The maximum atomic E-state index is 5.82. The summed E-state index contributed by atoms with van der Waals surface area (Å²) in [7, 11) is 1.71. The quantitative estimate of drug-likeness (QED) is 0.796. The molecule has 2 atom stereocenters. The minimum Gasteiger partial charge on any atom is -0.497 e. The molecule has 1 heterocycles. The van der Waals surface area contributed by atoms with Crippen LogP contribution in [0.25, 0.3) is 0 Å². The molecule has 3 nitrogen and oxygen atoms in total. The van der Waals surface area contributed by atoms with E-state index in [1.807, 2.05) is 12.1 Å². The minimum absolute atomic E-state index is 0.460. The highest BCUT2D eigenvalue weighted by Crippen LogP contribution is 2.23. The van der Waals surface area contributed by atoms with Gasteiger partial charge >= 0.3 is 0 Å². The Kier molecular flexibility index (Phi) is 6.52. The van der Waals surface area contributed by atoms with E-state index in [0.717, 1.165) is 31.7 Å². The second kappa shape index (κ2) is 8.40. The van der Waals surface area contributed by atoms with Crippen LogP contribution in [0.2, 0.25) is 0 Å². The molecule has 118 valence electrons. The van der Waals surface area contributed by atoms with Crippen LogP contribution in [0.1, 0.15) is 38.7 Å². The molecule has 1 saturated heterocycles. The van der Waals surface area contributed by atoms with Gasteiger partial charge in [-0.15, -0.1) is 0 Å². The molecule has 1 aromatic rings. The summed E-state index contributed by atoms with van der Waals surface area (Å²) in [5.74, 6) is 1.55. The zero-order valence-corrected chi connectivity index (χ0v) is 13.6. The second-order valence-electron chi connectivity index (χ2n) is 6.35. The van der Waals surface area contributed by atoms with E-state index in [2.05, 4.69) is 31.3 Å². The highest BCUT2D eigenvalue weighted by Gasteiger charge is 2.21. The third kappa shape index (κ3) is 5.68. The lowest BCUT2D eigenvalue weighted by molar-refractivity contribution is 0.0889. The lowest BCUT2D eigenvalue weighted by atomic mass is 9.92. The first-order chi connectivity index (χ1) is 10.2. The van der Waals surface area contributed by atoms with Crippen LogP contribution in [-0.2, 0) is 11.2 Å². The zero-order chi connectivity index (χ0) is 15.1. The summed E-state index contributed by atoms with van der Waals surface area (Å²) in [6.45, 7) is 6.41. The Morgan fingerprint density at radius 2 is 2.05 bits per heavy atom. The van der Waals surface area contributed by atoms with Gasteiger partial charge in [0.15, 0.2) is 0 Å². The average Bonchev–Trinajstić information content (AvgIpc) is 2.98. The van der Waals surface area contributed by atoms with Gasteiger partial charge in [-0.3, -0.25) is 0 Å². The molecular formula is C18H29NO2. The average molecular weight is 291 g/mol. The van der Waals surface area contributed by atoms with Gasteiger partial charge in [0.1, 0.15) is 5.75 Å². The fourth-order valence-electron chi connectivity index (χ4n) is 2.94. The van der Waals surface area contributed by atoms with Gasteiger partial charge in [-0.1, -0.05) is 26.0 Å². The molecule has 1 aliphatic rings. The minimum atomic E-state index is 0.460. The molecule has 0 saturated carbocycles. The highest BCUT2D eigenvalue weighted by atomic mass is 16.5. The predicted molar refractivity (Wildman–Crippen MR) is 86.9 cm³/mol. The molecule has 0 radical (unpaired) electrons. The van der Waals surface area contributed by atoms with E-state index >= 15 is 0 Å². The van der Waals surface area contributed by atoms with Crippen molar-refractivity contribution >= 4 is 0 Å². The Morgan fingerprint density at radius 3 is 2.62 bits per heavy atom. The summed E-state index contributed by atoms with van der Waals surface area (Å²) in [6, 6.07) is 8.99. The third-order valence-electron chi connectivity index (χ3n) is 4.12. The molecule has 0 aromatic heterocycles. The smallest absolute Gasteiger partial charge is 0.118 e. The van der Waals surface area contributed by atoms with Gasteiger partial charge in [0.2, 0.25) is 0 Å². The van der Waals surface area contributed by atoms with Crippen molar-refractivity contribution in [3.63, 3.8) is 0 Å². The van der Waals surface area contributed by atoms with Crippen LogP contribution in [0.4, 0.5) is 0 Å². The molecule has 0 aliphatic carbocycles. The summed E-state index contributed by atoms with van der Waals surface area (Å²) in [5, 5.41) is 3.58. The molecule has 0 amide bonds. The molecule has 0 spiro atoms. The van der Waals surface area contributed by atoms with Crippen molar-refractivity contribution in [1.29, 1.82) is 0 Å². The van der Waals surface area contributed by atoms with Crippen LogP contribution in [0, 0.1) is 5.92 Å². The van der Waals surface area contributed by atoms with Crippen LogP contribution in [0.3, 0.4) is 0 Å². The molecule has 1 aliphatic heterocycles. The molecular weight excluding hydrogens is 262 g/mol. The number of ether oxygens (including phenoxy) is 2. The van der Waals surface area contributed by atoms with Crippen LogP contribution in [0.5, 0.6) is 5.75 Å². The Morgan fingerprint density at radius 1 is 1.29 bits per heavy atom. The Hall–Kier alpha value is -1.06. The van der Waals surface area contributed by atoms with Gasteiger partial charge in [0.05, 0.1) is 13.2 Å². The van der Waals surface area contributed by atoms with Crippen molar-refractivity contribution in [3.8, 4) is 5.75 Å². The Labute approximate surface area is 129 Å². The van der Waals surface area contributed by atoms with E-state index in [1.54, 1.807) is 7.11 Å². The molecule has 2 unspecified atom stereocenters. The molecule has 3 heteroatoms. The maximum absolute atomic E-state index is 5.82. The number of hydrogen-bond acceptors (Lipinski definition) is 3. The lowest BCUT2D eigenvalue weighted by Crippen LogP contribution is -2.31. The topological polar surface area (TPSA) is 30.5 Å². The number of benzene rings is 1. The van der Waals surface area contributed by atoms with Gasteiger partial charge < -0.3 is 14.8 Å². The molecule has 1 aromatic carbocycles. The largest absolute Gasteiger partial charge is 0.497 e. The number of rotatable bonds is 8. The predicted octanol–water partition coefficient (Wildman–Crippen LogP) is 3.42. The van der Waals surface area contributed by atoms with Crippen molar-refractivity contribution in [3.05, 3.63) is 29.8 Å². The van der Waals surface area contributed by atoms with Crippen LogP contribution in [0.15, 0.2) is 24.3 Å². The van der Waals surface area contributed by atoms with Gasteiger partial charge in [-0.2, -0.15) is 0 Å². The molecule has 1 fully saturated rings. The fraction of sp³-hybridized carbons (Fsp3) is 0.667. The van der Waals surface area contributed by atoms with Crippen LogP contribution >= 0.6 is 0 Å². The monoisotopic (exact) mass is 291 g/mol. The van der Waals surface area contributed by atoms with E-state index in [4.69, 9.17) is 9.47 Å². The summed E-state index contributed by atoms with van der Waals surface area (Å²) < 4.78 is 11.0. The first-order valence-corrected chi connectivity index (χ1v) is 8.15. The van der Waals surface area contributed by atoms with Gasteiger partial charge in [0.25, 0.3) is 0 Å². The zero-order valence-electron chi connectivity index (χ0n) is 13.6. The Bertz CT molecular complexity index is 396. The van der Waals surface area contributed by atoms with Crippen molar-refractivity contribution in [2.24, 2.45) is 5.92 Å². The molecule has 21 heavy (non-hydrogen) atoms. The van der Waals surface area contributed by atoms with Crippen molar-refractivity contribution in [2.75, 3.05) is 20.3 Å². The fourth-order valence-corrected chi connectivity index (χ4v) is 2.94. The highest BCUT2D eigenvalue weighted by molar-refractivity contribution is 5.27. The first kappa shape index (κ1) is 16.3. The van der Waals surface area contributed by atoms with Gasteiger partial charge in [0, 0.05) is 12.6 Å². The number of hydrogen-bond donors (Lipinski definition) is 1. The standard InChI is InChI=1S/C18H29NO2/c1-14(2)19-13-16(12-18-5-4-10-21-18)11-15-6-8-17(20-3)9-7-15/h6-9,14,16,18-19H,4-5,10-13H2,1-3H3. The van der Waals surface area contributed by atoms with E-state index < -0.39 is 0 Å². The van der Waals surface area contributed by atoms with E-state index in [9.17, 15) is 0 Å². The first-order valence-electron chi connectivity index (χ1n) is 8.15. The van der Waals surface area contributed by atoms with Crippen molar-refractivity contribution < 1.29 is 9.47 Å². The van der Waals surface area contributed by atoms with Gasteiger partial charge in [-0.25, -0.2) is 0 Å². The summed E-state index contributed by atoms with van der Waals surface area (Å²) in [4.78, 5) is 0. The molecule has 2 rings (SSSR count). The van der Waals surface area contributed by atoms with E-state index in [-0.39, 0.29) is 0 Å². The SMILES string of the molecule is COc1ccc(CC(CNC(C)C)CC2CCCO2)cc1. The van der Waals surface area contributed by atoms with Gasteiger partial charge in [-0.05, 0) is 55.8 Å². The molecule has 1 N–H and O–H groups in total. The van der Waals surface area contributed by atoms with Crippen molar-refractivity contribution in [2.45, 2.75) is 51.7 Å². The lowest BCUT2D eigenvalue weighted by Gasteiger charge is -2.22. The van der Waals surface area contributed by atoms with Crippen LogP contribution < -0.4 is 10.1 Å². The normalized spacial score (nSPS) is 19.9. The van der Waals surface area contributed by atoms with E-state index in [1.165, 1.54) is 18.4 Å². The number of nitrogens with one attached hydrogen (secondary N) is 1. The number of methoxy groups -OCH3 is 1. The summed E-state index contributed by atoms with van der Waals surface area (Å²) in [6.07, 6.45) is 5.16. The second-order valence-corrected chi connectivity index (χ2v) is 6.35.